The number of benzene rings is 1. The maximum atomic E-state index is 5.32. The molecule has 18 heavy (non-hydrogen) atoms. The minimum atomic E-state index is 0.531. The molecule has 94 valence electrons. The number of hydrogen-bond donors (Lipinski definition) is 1. The summed E-state index contributed by atoms with van der Waals surface area (Å²) in [4.78, 5) is 2.19. The molecule has 3 rings (SSSR count). The van der Waals surface area contributed by atoms with Crippen LogP contribution in [-0.2, 0) is 0 Å². The highest BCUT2D eigenvalue weighted by molar-refractivity contribution is 7.71. The standard InChI is InChI=1S/C13H16N4S/c1-2-16(10-6-4-3-5-7-10)12-14-15-13(18)17(12)11-8-9-11/h3-7,11H,2,8-9H2,1H3,(H,15,18). The lowest BCUT2D eigenvalue weighted by Crippen LogP contribution is -2.20. The molecule has 1 heterocycles. The van der Waals surface area contributed by atoms with Crippen molar-refractivity contribution in [1.82, 2.24) is 14.8 Å². The van der Waals surface area contributed by atoms with E-state index in [1.807, 2.05) is 18.2 Å². The van der Waals surface area contributed by atoms with E-state index in [0.29, 0.717) is 6.04 Å². The summed E-state index contributed by atoms with van der Waals surface area (Å²) in [5.41, 5.74) is 1.15. The Labute approximate surface area is 111 Å². The average molecular weight is 260 g/mol. The van der Waals surface area contributed by atoms with Gasteiger partial charge in [-0.1, -0.05) is 18.2 Å². The summed E-state index contributed by atoms with van der Waals surface area (Å²) in [7, 11) is 0. The number of nitrogens with one attached hydrogen (secondary N) is 1. The molecule has 0 amide bonds. The lowest BCUT2D eigenvalue weighted by Gasteiger charge is -2.22. The highest BCUT2D eigenvalue weighted by Gasteiger charge is 2.29. The van der Waals surface area contributed by atoms with Crippen molar-refractivity contribution in [2.24, 2.45) is 0 Å². The van der Waals surface area contributed by atoms with E-state index in [-0.39, 0.29) is 0 Å². The van der Waals surface area contributed by atoms with Gasteiger partial charge in [0.25, 0.3) is 0 Å². The number of H-pyrrole nitrogens is 1. The molecule has 1 saturated carbocycles. The largest absolute Gasteiger partial charge is 0.311 e. The summed E-state index contributed by atoms with van der Waals surface area (Å²) in [5, 5.41) is 7.31. The van der Waals surface area contributed by atoms with Crippen molar-refractivity contribution in [2.75, 3.05) is 11.4 Å². The molecule has 1 aliphatic rings. The van der Waals surface area contributed by atoms with Gasteiger partial charge in [-0.05, 0) is 44.1 Å². The van der Waals surface area contributed by atoms with Crippen molar-refractivity contribution in [1.29, 1.82) is 0 Å². The number of nitrogens with zero attached hydrogens (tertiary/aromatic N) is 3. The summed E-state index contributed by atoms with van der Waals surface area (Å²) < 4.78 is 2.87. The molecule has 1 aliphatic carbocycles. The first-order valence-electron chi connectivity index (χ1n) is 6.30. The highest BCUT2D eigenvalue weighted by Crippen LogP contribution is 2.38. The van der Waals surface area contributed by atoms with Crippen molar-refractivity contribution in [3.63, 3.8) is 0 Å². The van der Waals surface area contributed by atoms with Gasteiger partial charge in [0.2, 0.25) is 5.95 Å². The molecule has 1 aromatic heterocycles. The Morgan fingerprint density at radius 2 is 2.11 bits per heavy atom. The molecule has 2 aromatic rings. The van der Waals surface area contributed by atoms with Gasteiger partial charge in [0.1, 0.15) is 0 Å². The molecule has 0 bridgehead atoms. The van der Waals surface area contributed by atoms with Crippen LogP contribution >= 0.6 is 12.2 Å². The number of rotatable bonds is 4. The number of hydrogen-bond acceptors (Lipinski definition) is 3. The number of aromatic nitrogens is 3. The Hall–Kier alpha value is -1.62. The topological polar surface area (TPSA) is 36.9 Å². The van der Waals surface area contributed by atoms with E-state index in [0.717, 1.165) is 23.0 Å². The van der Waals surface area contributed by atoms with Crippen molar-refractivity contribution in [3.8, 4) is 0 Å². The second kappa shape index (κ2) is 4.57. The van der Waals surface area contributed by atoms with Gasteiger partial charge in [0, 0.05) is 18.3 Å². The quantitative estimate of drug-likeness (QED) is 0.856. The number of aromatic amines is 1. The van der Waals surface area contributed by atoms with Crippen LogP contribution in [0.4, 0.5) is 11.6 Å². The molecule has 5 heteroatoms. The molecule has 1 N–H and O–H groups in total. The number of anilines is 2. The van der Waals surface area contributed by atoms with Crippen molar-refractivity contribution >= 4 is 23.9 Å². The zero-order valence-electron chi connectivity index (χ0n) is 10.3. The monoisotopic (exact) mass is 260 g/mol. The fraction of sp³-hybridized carbons (Fsp3) is 0.385. The molecule has 0 aliphatic heterocycles. The zero-order valence-corrected chi connectivity index (χ0v) is 11.2. The molecular weight excluding hydrogens is 244 g/mol. The van der Waals surface area contributed by atoms with Gasteiger partial charge in [-0.3, -0.25) is 4.57 Å². The number of para-hydroxylation sites is 1. The van der Waals surface area contributed by atoms with Crippen LogP contribution in [0.3, 0.4) is 0 Å². The molecule has 1 aromatic carbocycles. The van der Waals surface area contributed by atoms with E-state index in [2.05, 4.69) is 38.7 Å². The van der Waals surface area contributed by atoms with Gasteiger partial charge in [-0.2, -0.15) is 0 Å². The second-order valence-corrected chi connectivity index (χ2v) is 4.90. The summed E-state index contributed by atoms with van der Waals surface area (Å²) >= 11 is 5.32. The third kappa shape index (κ3) is 1.95. The van der Waals surface area contributed by atoms with Crippen LogP contribution in [0.15, 0.2) is 30.3 Å². The molecule has 1 fully saturated rings. The first-order chi connectivity index (χ1) is 8.81. The Morgan fingerprint density at radius 3 is 2.72 bits per heavy atom. The van der Waals surface area contributed by atoms with Crippen molar-refractivity contribution < 1.29 is 0 Å². The smallest absolute Gasteiger partial charge is 0.230 e. The van der Waals surface area contributed by atoms with E-state index in [9.17, 15) is 0 Å². The Morgan fingerprint density at radius 1 is 1.39 bits per heavy atom. The van der Waals surface area contributed by atoms with Crippen molar-refractivity contribution in [2.45, 2.75) is 25.8 Å². The van der Waals surface area contributed by atoms with E-state index in [4.69, 9.17) is 12.2 Å². The second-order valence-electron chi connectivity index (χ2n) is 4.51. The lowest BCUT2D eigenvalue weighted by molar-refractivity contribution is 0.714. The van der Waals surface area contributed by atoms with Crippen LogP contribution in [-0.4, -0.2) is 21.3 Å². The minimum Gasteiger partial charge on any atom is -0.311 e. The van der Waals surface area contributed by atoms with Crippen LogP contribution < -0.4 is 4.90 Å². The molecule has 4 nitrogen and oxygen atoms in total. The summed E-state index contributed by atoms with van der Waals surface area (Å²) in [6.07, 6.45) is 2.40. The van der Waals surface area contributed by atoms with Crippen LogP contribution in [0, 0.1) is 4.77 Å². The maximum Gasteiger partial charge on any atom is 0.230 e. The van der Waals surface area contributed by atoms with Crippen LogP contribution in [0.2, 0.25) is 0 Å². The van der Waals surface area contributed by atoms with Crippen LogP contribution in [0.25, 0.3) is 0 Å². The van der Waals surface area contributed by atoms with Crippen LogP contribution in [0.1, 0.15) is 25.8 Å². The van der Waals surface area contributed by atoms with Crippen LogP contribution in [0.5, 0.6) is 0 Å². The summed E-state index contributed by atoms with van der Waals surface area (Å²) in [5.74, 6) is 0.927. The summed E-state index contributed by atoms with van der Waals surface area (Å²) in [6, 6.07) is 10.8. The molecule has 0 saturated heterocycles. The third-order valence-electron chi connectivity index (χ3n) is 3.22. The summed E-state index contributed by atoms with van der Waals surface area (Å²) in [6.45, 7) is 3.00. The van der Waals surface area contributed by atoms with E-state index >= 15 is 0 Å². The predicted molar refractivity (Wildman–Crippen MR) is 74.8 cm³/mol. The fourth-order valence-electron chi connectivity index (χ4n) is 2.20. The minimum absolute atomic E-state index is 0.531. The first-order valence-corrected chi connectivity index (χ1v) is 6.71. The van der Waals surface area contributed by atoms with Gasteiger partial charge >= 0.3 is 0 Å². The van der Waals surface area contributed by atoms with Gasteiger partial charge in [0.05, 0.1) is 0 Å². The molecular formula is C13H16N4S. The molecule has 0 unspecified atom stereocenters. The fourth-order valence-corrected chi connectivity index (χ4v) is 2.47. The van der Waals surface area contributed by atoms with Gasteiger partial charge in [-0.15, -0.1) is 5.10 Å². The predicted octanol–water partition coefficient (Wildman–Crippen LogP) is 3.43. The van der Waals surface area contributed by atoms with Crippen molar-refractivity contribution in [3.05, 3.63) is 35.1 Å². The first kappa shape index (κ1) is 11.5. The van der Waals surface area contributed by atoms with Gasteiger partial charge < -0.3 is 4.90 Å². The SMILES string of the molecule is CCN(c1ccccc1)c1n[nH]c(=S)n1C1CC1. The van der Waals surface area contributed by atoms with Gasteiger partial charge in [-0.25, -0.2) is 5.10 Å². The Bertz CT molecular complexity index is 583. The molecule has 0 radical (unpaired) electrons. The molecule has 0 atom stereocenters. The van der Waals surface area contributed by atoms with E-state index < -0.39 is 0 Å². The van der Waals surface area contributed by atoms with E-state index in [1.165, 1.54) is 12.8 Å². The Kier molecular flexibility index (Phi) is 2.91. The average Bonchev–Trinajstić information content (AvgIpc) is 3.17. The van der Waals surface area contributed by atoms with E-state index in [1.54, 1.807) is 0 Å². The lowest BCUT2D eigenvalue weighted by atomic mass is 10.3. The third-order valence-corrected chi connectivity index (χ3v) is 3.51. The zero-order chi connectivity index (χ0) is 12.5. The maximum absolute atomic E-state index is 5.32. The van der Waals surface area contributed by atoms with Gasteiger partial charge in [0.15, 0.2) is 4.77 Å². The normalized spacial score (nSPS) is 14.7. The Balaban J connectivity index is 2.04. The highest BCUT2D eigenvalue weighted by atomic mass is 32.1. The molecule has 0 spiro atoms.